The van der Waals surface area contributed by atoms with E-state index in [2.05, 4.69) is 15.2 Å². The van der Waals surface area contributed by atoms with Crippen molar-refractivity contribution >= 4 is 9.84 Å². The van der Waals surface area contributed by atoms with Crippen molar-refractivity contribution in [1.82, 2.24) is 19.9 Å². The summed E-state index contributed by atoms with van der Waals surface area (Å²) in [7, 11) is -2.86. The van der Waals surface area contributed by atoms with E-state index >= 15 is 0 Å². The molecular weight excluding hydrogens is 364 g/mol. The highest BCUT2D eigenvalue weighted by atomic mass is 32.2. The number of aromatic nitrogens is 3. The molecule has 10 nitrogen and oxygen atoms in total. The molecule has 0 amide bonds. The Balaban J connectivity index is 1.51. The van der Waals surface area contributed by atoms with Gasteiger partial charge in [0.2, 0.25) is 0 Å². The smallest absolute Gasteiger partial charge is 0.152 e. The Hall–Kier alpha value is -1.11. The van der Waals surface area contributed by atoms with Crippen molar-refractivity contribution in [3.63, 3.8) is 0 Å². The second kappa shape index (κ2) is 11.6. The summed E-state index contributed by atoms with van der Waals surface area (Å²) in [5.41, 5.74) is 0.829. The van der Waals surface area contributed by atoms with E-state index in [1.54, 1.807) is 4.68 Å². The lowest BCUT2D eigenvalue weighted by molar-refractivity contribution is 0.00627. The fourth-order valence-electron chi connectivity index (χ4n) is 2.42. The molecule has 1 N–H and O–H groups in total. The molecule has 0 saturated carbocycles. The maximum atomic E-state index is 11.4. The van der Waals surface area contributed by atoms with Crippen LogP contribution in [-0.2, 0) is 37.1 Å². The van der Waals surface area contributed by atoms with Crippen LogP contribution in [0.2, 0.25) is 0 Å². The fraction of sp³-hybridized carbons (Fsp3) is 0.867. The highest BCUT2D eigenvalue weighted by Gasteiger charge is 2.22. The molecule has 2 heterocycles. The average Bonchev–Trinajstić information content (AvgIpc) is 3.06. The van der Waals surface area contributed by atoms with E-state index < -0.39 is 9.84 Å². The topological polar surface area (TPSA) is 116 Å². The first-order valence-electron chi connectivity index (χ1n) is 8.75. The largest absolute Gasteiger partial charge is 0.394 e. The molecule has 1 fully saturated rings. The van der Waals surface area contributed by atoms with Gasteiger partial charge in [-0.2, -0.15) is 0 Å². The van der Waals surface area contributed by atoms with E-state index in [4.69, 9.17) is 19.3 Å². The van der Waals surface area contributed by atoms with Gasteiger partial charge in [-0.05, 0) is 0 Å². The third kappa shape index (κ3) is 8.52. The first-order chi connectivity index (χ1) is 12.6. The van der Waals surface area contributed by atoms with Crippen LogP contribution in [-0.4, -0.2) is 104 Å². The van der Waals surface area contributed by atoms with Gasteiger partial charge in [0, 0.05) is 25.8 Å². The van der Waals surface area contributed by atoms with Gasteiger partial charge in [-0.25, -0.2) is 13.1 Å². The number of rotatable bonds is 13. The van der Waals surface area contributed by atoms with Gasteiger partial charge in [-0.3, -0.25) is 4.90 Å². The van der Waals surface area contributed by atoms with Crippen molar-refractivity contribution in [3.05, 3.63) is 11.9 Å². The van der Waals surface area contributed by atoms with Crippen LogP contribution in [0.15, 0.2) is 6.20 Å². The van der Waals surface area contributed by atoms with Crippen LogP contribution in [0.1, 0.15) is 5.69 Å². The number of hydrogen-bond donors (Lipinski definition) is 1. The van der Waals surface area contributed by atoms with Crippen LogP contribution < -0.4 is 0 Å². The van der Waals surface area contributed by atoms with Gasteiger partial charge in [0.25, 0.3) is 0 Å². The molecule has 1 aliphatic heterocycles. The van der Waals surface area contributed by atoms with Gasteiger partial charge < -0.3 is 19.3 Å². The fourth-order valence-corrected chi connectivity index (χ4v) is 3.70. The normalized spacial score (nSPS) is 17.6. The van der Waals surface area contributed by atoms with Gasteiger partial charge in [0.1, 0.15) is 0 Å². The lowest BCUT2D eigenvalue weighted by Crippen LogP contribution is -2.39. The molecule has 26 heavy (non-hydrogen) atoms. The monoisotopic (exact) mass is 392 g/mol. The predicted molar refractivity (Wildman–Crippen MR) is 93.5 cm³/mol. The molecule has 1 saturated heterocycles. The lowest BCUT2D eigenvalue weighted by Gasteiger charge is -2.25. The van der Waals surface area contributed by atoms with E-state index in [9.17, 15) is 8.42 Å². The molecule has 0 aliphatic carbocycles. The summed E-state index contributed by atoms with van der Waals surface area (Å²) in [5, 5.41) is 16.7. The second-order valence-corrected chi connectivity index (χ2v) is 8.27. The standard InChI is InChI=1S/C15H28N4O6S/c20-4-6-24-8-10-25-9-7-23-5-1-19-14-15(16-17-19)13-18-2-11-26(21,22)12-3-18/h14,20H,1-13H2. The van der Waals surface area contributed by atoms with Crippen LogP contribution in [0, 0.1) is 0 Å². The van der Waals surface area contributed by atoms with Gasteiger partial charge >= 0.3 is 0 Å². The van der Waals surface area contributed by atoms with Crippen molar-refractivity contribution in [2.45, 2.75) is 13.1 Å². The van der Waals surface area contributed by atoms with E-state index in [1.165, 1.54) is 0 Å². The Morgan fingerprint density at radius 2 is 1.62 bits per heavy atom. The molecule has 0 radical (unpaired) electrons. The maximum Gasteiger partial charge on any atom is 0.152 e. The molecular formula is C15H28N4O6S. The van der Waals surface area contributed by atoms with E-state index in [1.807, 2.05) is 6.20 Å². The molecule has 2 rings (SSSR count). The summed E-state index contributed by atoms with van der Waals surface area (Å²) < 4.78 is 40.4. The Kier molecular flexibility index (Phi) is 9.43. The summed E-state index contributed by atoms with van der Waals surface area (Å²) in [4.78, 5) is 2.08. The Morgan fingerprint density at radius 1 is 1.00 bits per heavy atom. The minimum absolute atomic E-state index is 0.0209. The zero-order chi connectivity index (χ0) is 18.7. The zero-order valence-corrected chi connectivity index (χ0v) is 15.8. The number of nitrogens with zero attached hydrogens (tertiary/aromatic N) is 4. The highest BCUT2D eigenvalue weighted by molar-refractivity contribution is 7.91. The molecule has 1 aliphatic rings. The number of sulfone groups is 1. The van der Waals surface area contributed by atoms with Crippen molar-refractivity contribution in [3.8, 4) is 0 Å². The number of hydrogen-bond acceptors (Lipinski definition) is 9. The molecule has 0 atom stereocenters. The Morgan fingerprint density at radius 3 is 2.27 bits per heavy atom. The van der Waals surface area contributed by atoms with E-state index in [0.717, 1.165) is 5.69 Å². The molecule has 0 aromatic carbocycles. The zero-order valence-electron chi connectivity index (χ0n) is 15.0. The molecule has 0 bridgehead atoms. The summed E-state index contributed by atoms with van der Waals surface area (Å²) in [6, 6.07) is 0. The first-order valence-corrected chi connectivity index (χ1v) is 10.6. The molecule has 150 valence electrons. The molecule has 1 aromatic heterocycles. The first kappa shape index (κ1) is 21.2. The lowest BCUT2D eigenvalue weighted by atomic mass is 10.4. The van der Waals surface area contributed by atoms with Crippen molar-refractivity contribution < 1.29 is 27.7 Å². The Bertz CT molecular complexity index is 595. The van der Waals surface area contributed by atoms with E-state index in [-0.39, 0.29) is 18.1 Å². The minimum Gasteiger partial charge on any atom is -0.394 e. The minimum atomic E-state index is -2.86. The summed E-state index contributed by atoms with van der Waals surface area (Å²) in [6.45, 7) is 5.08. The average molecular weight is 392 g/mol. The quantitative estimate of drug-likeness (QED) is 0.402. The molecule has 0 unspecified atom stereocenters. The number of aliphatic hydroxyl groups excluding tert-OH is 1. The molecule has 0 spiro atoms. The third-order valence-electron chi connectivity index (χ3n) is 3.85. The van der Waals surface area contributed by atoms with Crippen molar-refractivity contribution in [2.24, 2.45) is 0 Å². The number of ether oxygens (including phenoxy) is 3. The van der Waals surface area contributed by atoms with Crippen LogP contribution in [0.4, 0.5) is 0 Å². The van der Waals surface area contributed by atoms with Gasteiger partial charge in [-0.15, -0.1) is 5.10 Å². The maximum absolute atomic E-state index is 11.4. The molecule has 1 aromatic rings. The third-order valence-corrected chi connectivity index (χ3v) is 5.46. The molecule has 11 heteroatoms. The number of aliphatic hydroxyl groups is 1. The van der Waals surface area contributed by atoms with Crippen molar-refractivity contribution in [2.75, 3.05) is 70.8 Å². The highest BCUT2D eigenvalue weighted by Crippen LogP contribution is 2.07. The van der Waals surface area contributed by atoms with Gasteiger partial charge in [-0.1, -0.05) is 5.21 Å². The van der Waals surface area contributed by atoms with Crippen LogP contribution in [0.3, 0.4) is 0 Å². The van der Waals surface area contributed by atoms with Crippen molar-refractivity contribution in [1.29, 1.82) is 0 Å². The van der Waals surface area contributed by atoms with Crippen LogP contribution >= 0.6 is 0 Å². The van der Waals surface area contributed by atoms with Gasteiger partial charge in [0.15, 0.2) is 9.84 Å². The van der Waals surface area contributed by atoms with Crippen LogP contribution in [0.5, 0.6) is 0 Å². The Labute approximate surface area is 153 Å². The van der Waals surface area contributed by atoms with Crippen LogP contribution in [0.25, 0.3) is 0 Å². The summed E-state index contributed by atoms with van der Waals surface area (Å²) >= 11 is 0. The van der Waals surface area contributed by atoms with Gasteiger partial charge in [0.05, 0.1) is 70.0 Å². The second-order valence-electron chi connectivity index (χ2n) is 5.96. The predicted octanol–water partition coefficient (Wildman–Crippen LogP) is -1.45. The summed E-state index contributed by atoms with van der Waals surface area (Å²) in [6.07, 6.45) is 1.86. The summed E-state index contributed by atoms with van der Waals surface area (Å²) in [5.74, 6) is 0.426. The van der Waals surface area contributed by atoms with E-state index in [0.29, 0.717) is 65.8 Å². The SMILES string of the molecule is O=S1(=O)CCN(Cc2cn(CCOCCOCCOCCO)nn2)CC1.